The van der Waals surface area contributed by atoms with E-state index in [1.807, 2.05) is 6.92 Å². The first kappa shape index (κ1) is 22.4. The van der Waals surface area contributed by atoms with Crippen molar-refractivity contribution in [2.75, 3.05) is 20.3 Å². The summed E-state index contributed by atoms with van der Waals surface area (Å²) in [4.78, 5) is 26.6. The lowest BCUT2D eigenvalue weighted by Gasteiger charge is -2.39. The van der Waals surface area contributed by atoms with E-state index in [0.717, 1.165) is 18.5 Å². The molecule has 7 nitrogen and oxygen atoms in total. The van der Waals surface area contributed by atoms with Gasteiger partial charge in [0.25, 0.3) is 0 Å². The van der Waals surface area contributed by atoms with E-state index in [4.69, 9.17) is 14.2 Å². The van der Waals surface area contributed by atoms with Crippen molar-refractivity contribution in [2.45, 2.75) is 58.5 Å². The predicted molar refractivity (Wildman–Crippen MR) is 118 cm³/mol. The van der Waals surface area contributed by atoms with Gasteiger partial charge in [-0.15, -0.1) is 0 Å². The number of Topliss-reactive ketones (excluding diaryl/α,β-unsaturated/α-hetero) is 1. The van der Waals surface area contributed by atoms with Gasteiger partial charge in [-0.25, -0.2) is 4.79 Å². The van der Waals surface area contributed by atoms with Crippen LogP contribution < -0.4 is 10.1 Å². The standard InChI is InChI=1S/C25H31NO6/c1-14-21(24(29)32-13-16-6-5-9-31-16)22(15-7-8-20(30-4)18(27)10-15)23-17(26-14)11-25(2,3)12-19(23)28/h7-8,10,16,22,26-27H,5-6,9,11-13H2,1-4H3/t16-,22-/m1/s1. The molecule has 0 spiro atoms. The van der Waals surface area contributed by atoms with Gasteiger partial charge in [0.05, 0.1) is 18.8 Å². The van der Waals surface area contributed by atoms with Crippen LogP contribution in [-0.2, 0) is 19.1 Å². The molecule has 7 heteroatoms. The van der Waals surface area contributed by atoms with Crippen molar-refractivity contribution in [2.24, 2.45) is 5.41 Å². The van der Waals surface area contributed by atoms with Crippen molar-refractivity contribution >= 4 is 11.8 Å². The number of dihydropyridines is 1. The topological polar surface area (TPSA) is 94.1 Å². The summed E-state index contributed by atoms with van der Waals surface area (Å²) in [6, 6.07) is 4.99. The maximum atomic E-state index is 13.3. The highest BCUT2D eigenvalue weighted by Crippen LogP contribution is 2.47. The zero-order chi connectivity index (χ0) is 23.0. The Hall–Kier alpha value is -2.80. The van der Waals surface area contributed by atoms with E-state index in [9.17, 15) is 14.7 Å². The van der Waals surface area contributed by atoms with Crippen LogP contribution in [0.3, 0.4) is 0 Å². The third-order valence-electron chi connectivity index (χ3n) is 6.42. The van der Waals surface area contributed by atoms with Gasteiger partial charge in [-0.2, -0.15) is 0 Å². The molecule has 3 aliphatic rings. The quantitative estimate of drug-likeness (QED) is 0.673. The van der Waals surface area contributed by atoms with Crippen molar-refractivity contribution in [3.05, 3.63) is 46.3 Å². The fourth-order valence-corrected chi connectivity index (χ4v) is 4.95. The van der Waals surface area contributed by atoms with Gasteiger partial charge in [0.1, 0.15) is 6.61 Å². The Morgan fingerprint density at radius 3 is 2.75 bits per heavy atom. The van der Waals surface area contributed by atoms with E-state index in [1.54, 1.807) is 18.2 Å². The number of carbonyl (C=O) groups excluding carboxylic acids is 2. The molecule has 0 amide bonds. The lowest BCUT2D eigenvalue weighted by molar-refractivity contribution is -0.142. The third kappa shape index (κ3) is 4.26. The average molecular weight is 442 g/mol. The van der Waals surface area contributed by atoms with Gasteiger partial charge in [-0.3, -0.25) is 4.79 Å². The van der Waals surface area contributed by atoms with Crippen molar-refractivity contribution in [3.8, 4) is 11.5 Å². The molecule has 2 heterocycles. The Morgan fingerprint density at radius 2 is 2.09 bits per heavy atom. The lowest BCUT2D eigenvalue weighted by Crippen LogP contribution is -2.39. The fourth-order valence-electron chi connectivity index (χ4n) is 4.95. The zero-order valence-corrected chi connectivity index (χ0v) is 19.1. The highest BCUT2D eigenvalue weighted by Gasteiger charge is 2.43. The molecule has 4 rings (SSSR count). The van der Waals surface area contributed by atoms with E-state index in [1.165, 1.54) is 7.11 Å². The Bertz CT molecular complexity index is 1000. The predicted octanol–water partition coefficient (Wildman–Crippen LogP) is 3.73. The summed E-state index contributed by atoms with van der Waals surface area (Å²) in [7, 11) is 1.48. The van der Waals surface area contributed by atoms with Gasteiger partial charge in [-0.05, 0) is 49.3 Å². The molecular weight excluding hydrogens is 410 g/mol. The minimum absolute atomic E-state index is 0.000911. The molecular formula is C25H31NO6. The van der Waals surface area contributed by atoms with Crippen LogP contribution in [0.1, 0.15) is 57.9 Å². The van der Waals surface area contributed by atoms with Crippen molar-refractivity contribution in [1.29, 1.82) is 0 Å². The second kappa shape index (κ2) is 8.62. The van der Waals surface area contributed by atoms with Crippen molar-refractivity contribution < 1.29 is 28.9 Å². The Labute approximate surface area is 188 Å². The van der Waals surface area contributed by atoms with Crippen LogP contribution in [0.15, 0.2) is 40.7 Å². The van der Waals surface area contributed by atoms with Crippen LogP contribution in [0.2, 0.25) is 0 Å². The largest absolute Gasteiger partial charge is 0.504 e. The summed E-state index contributed by atoms with van der Waals surface area (Å²) in [6.07, 6.45) is 2.82. The van der Waals surface area contributed by atoms with Gasteiger partial charge >= 0.3 is 5.97 Å². The van der Waals surface area contributed by atoms with Gasteiger partial charge in [0, 0.05) is 35.9 Å². The number of esters is 1. The molecule has 1 aromatic carbocycles. The Morgan fingerprint density at radius 1 is 1.31 bits per heavy atom. The average Bonchev–Trinajstić information content (AvgIpc) is 3.23. The molecule has 2 aliphatic heterocycles. The number of phenolic OH excluding ortho intramolecular Hbond substituents is 1. The molecule has 1 aromatic rings. The number of ketones is 1. The van der Waals surface area contributed by atoms with E-state index >= 15 is 0 Å². The fraction of sp³-hybridized carbons (Fsp3) is 0.520. The number of hydrogen-bond acceptors (Lipinski definition) is 7. The molecule has 0 aromatic heterocycles. The maximum absolute atomic E-state index is 13.3. The summed E-state index contributed by atoms with van der Waals surface area (Å²) in [5.74, 6) is -0.810. The van der Waals surface area contributed by atoms with Crippen LogP contribution in [0, 0.1) is 5.41 Å². The molecule has 32 heavy (non-hydrogen) atoms. The smallest absolute Gasteiger partial charge is 0.336 e. The van der Waals surface area contributed by atoms with Gasteiger partial charge in [-0.1, -0.05) is 19.9 Å². The van der Waals surface area contributed by atoms with Crippen LogP contribution in [0.25, 0.3) is 0 Å². The summed E-state index contributed by atoms with van der Waals surface area (Å²) < 4.78 is 16.4. The summed E-state index contributed by atoms with van der Waals surface area (Å²) in [5, 5.41) is 13.7. The minimum atomic E-state index is -0.622. The Kier molecular flexibility index (Phi) is 6.03. The highest BCUT2D eigenvalue weighted by atomic mass is 16.6. The van der Waals surface area contributed by atoms with Crippen LogP contribution in [0.4, 0.5) is 0 Å². The van der Waals surface area contributed by atoms with Crippen molar-refractivity contribution in [3.63, 3.8) is 0 Å². The van der Waals surface area contributed by atoms with E-state index in [-0.39, 0.29) is 29.7 Å². The number of hydrogen-bond donors (Lipinski definition) is 2. The lowest BCUT2D eigenvalue weighted by atomic mass is 9.68. The number of carbonyl (C=O) groups is 2. The van der Waals surface area contributed by atoms with Crippen LogP contribution in [-0.4, -0.2) is 43.3 Å². The molecule has 0 unspecified atom stereocenters. The molecule has 2 atom stereocenters. The van der Waals surface area contributed by atoms with Crippen LogP contribution >= 0.6 is 0 Å². The molecule has 0 saturated carbocycles. The van der Waals surface area contributed by atoms with Crippen molar-refractivity contribution in [1.82, 2.24) is 5.32 Å². The summed E-state index contributed by atoms with van der Waals surface area (Å²) in [6.45, 7) is 6.82. The first-order valence-corrected chi connectivity index (χ1v) is 11.1. The SMILES string of the molecule is COc1ccc([C@@H]2C(C(=O)OC[C@H]3CCCO3)=C(C)NC3=C2C(=O)CC(C)(C)C3)cc1O. The number of nitrogens with one attached hydrogen (secondary N) is 1. The van der Waals surface area contributed by atoms with Gasteiger partial charge in [0.15, 0.2) is 17.3 Å². The number of benzene rings is 1. The third-order valence-corrected chi connectivity index (χ3v) is 6.42. The molecule has 1 aliphatic carbocycles. The number of aromatic hydroxyl groups is 1. The Balaban J connectivity index is 1.74. The number of rotatable bonds is 5. The molecule has 0 radical (unpaired) electrons. The first-order valence-electron chi connectivity index (χ1n) is 11.1. The number of methoxy groups -OCH3 is 1. The summed E-state index contributed by atoms with van der Waals surface area (Å²) in [5.41, 5.74) is 2.93. The van der Waals surface area contributed by atoms with E-state index in [2.05, 4.69) is 19.2 Å². The molecule has 0 bridgehead atoms. The van der Waals surface area contributed by atoms with E-state index in [0.29, 0.717) is 47.6 Å². The molecule has 2 N–H and O–H groups in total. The zero-order valence-electron chi connectivity index (χ0n) is 19.1. The number of phenols is 1. The van der Waals surface area contributed by atoms with Gasteiger partial charge in [0.2, 0.25) is 0 Å². The first-order chi connectivity index (χ1) is 15.2. The molecule has 1 saturated heterocycles. The molecule has 1 fully saturated rings. The monoisotopic (exact) mass is 441 g/mol. The maximum Gasteiger partial charge on any atom is 0.336 e. The second-order valence-electron chi connectivity index (χ2n) is 9.59. The second-order valence-corrected chi connectivity index (χ2v) is 9.59. The van der Waals surface area contributed by atoms with Crippen LogP contribution in [0.5, 0.6) is 11.5 Å². The molecule has 172 valence electrons. The van der Waals surface area contributed by atoms with Gasteiger partial charge < -0.3 is 24.6 Å². The number of allylic oxidation sites excluding steroid dienone is 3. The normalized spacial score (nSPS) is 24.8. The summed E-state index contributed by atoms with van der Waals surface area (Å²) >= 11 is 0. The number of ether oxygens (including phenoxy) is 3. The highest BCUT2D eigenvalue weighted by molar-refractivity contribution is 6.04. The van der Waals surface area contributed by atoms with E-state index < -0.39 is 11.9 Å². The minimum Gasteiger partial charge on any atom is -0.504 e.